The van der Waals surface area contributed by atoms with Crippen LogP contribution < -0.4 is 0 Å². The Kier molecular flexibility index (Phi) is 3.57. The number of amides is 1. The van der Waals surface area contributed by atoms with Crippen molar-refractivity contribution in [2.45, 2.75) is 39.4 Å². The van der Waals surface area contributed by atoms with Gasteiger partial charge in [0.15, 0.2) is 0 Å². The lowest BCUT2D eigenvalue weighted by atomic mass is 9.59. The van der Waals surface area contributed by atoms with Crippen LogP contribution in [0.5, 0.6) is 0 Å². The fourth-order valence-corrected chi connectivity index (χ4v) is 4.19. The molecule has 0 radical (unpaired) electrons. The van der Waals surface area contributed by atoms with E-state index in [1.165, 1.54) is 11.1 Å². The lowest BCUT2D eigenvalue weighted by Gasteiger charge is -2.49. The minimum Gasteiger partial charge on any atom is -0.378 e. The topological polar surface area (TPSA) is 38.8 Å². The number of hydrogen-bond donors (Lipinski definition) is 0. The minimum atomic E-state index is -0.0473. The van der Waals surface area contributed by atoms with Crippen LogP contribution in [-0.2, 0) is 14.3 Å². The predicted octanol–water partition coefficient (Wildman–Crippen LogP) is 2.67. The van der Waals surface area contributed by atoms with Gasteiger partial charge < -0.3 is 14.4 Å². The fraction of sp³-hybridized carbons (Fsp3) is 0.611. The molecule has 0 saturated carbocycles. The number of hydrogen-bond acceptors (Lipinski definition) is 3. The Labute approximate surface area is 132 Å². The summed E-state index contributed by atoms with van der Waals surface area (Å²) in [7, 11) is 5.32. The molecule has 0 aromatic carbocycles. The quantitative estimate of drug-likeness (QED) is 0.787. The Balaban J connectivity index is 2.15. The van der Waals surface area contributed by atoms with Gasteiger partial charge in [-0.3, -0.25) is 4.79 Å². The van der Waals surface area contributed by atoms with E-state index in [-0.39, 0.29) is 23.5 Å². The maximum atomic E-state index is 12.3. The molecule has 120 valence electrons. The highest BCUT2D eigenvalue weighted by Crippen LogP contribution is 2.54. The summed E-state index contributed by atoms with van der Waals surface area (Å²) >= 11 is 0. The van der Waals surface area contributed by atoms with Crippen molar-refractivity contribution < 1.29 is 14.3 Å². The van der Waals surface area contributed by atoms with Crippen LogP contribution in [-0.4, -0.2) is 44.3 Å². The minimum absolute atomic E-state index is 0.0265. The second kappa shape index (κ2) is 5.07. The van der Waals surface area contributed by atoms with Gasteiger partial charge in [-0.2, -0.15) is 0 Å². The van der Waals surface area contributed by atoms with Crippen LogP contribution in [0, 0.1) is 11.3 Å². The molecule has 22 heavy (non-hydrogen) atoms. The molecular weight excluding hydrogens is 278 g/mol. The van der Waals surface area contributed by atoms with E-state index >= 15 is 0 Å². The lowest BCUT2D eigenvalue weighted by molar-refractivity contribution is -0.123. The number of carbonyl (C=O) groups excluding carboxylic acids is 1. The number of nitrogens with zero attached hydrogens (tertiary/aromatic N) is 1. The van der Waals surface area contributed by atoms with Crippen LogP contribution in [0.2, 0.25) is 0 Å². The van der Waals surface area contributed by atoms with Gasteiger partial charge in [-0.15, -0.1) is 0 Å². The van der Waals surface area contributed by atoms with Crippen LogP contribution >= 0.6 is 0 Å². The number of ether oxygens (including phenoxy) is 2. The Morgan fingerprint density at radius 2 is 2.00 bits per heavy atom. The van der Waals surface area contributed by atoms with Gasteiger partial charge in [-0.05, 0) is 42.6 Å². The normalized spacial score (nSPS) is 37.8. The lowest BCUT2D eigenvalue weighted by Crippen LogP contribution is -2.48. The molecule has 1 heterocycles. The van der Waals surface area contributed by atoms with E-state index in [9.17, 15) is 4.79 Å². The monoisotopic (exact) mass is 303 g/mol. The second-order valence-corrected chi connectivity index (χ2v) is 6.90. The van der Waals surface area contributed by atoms with E-state index in [4.69, 9.17) is 9.47 Å². The van der Waals surface area contributed by atoms with Gasteiger partial charge in [0.05, 0.1) is 6.10 Å². The van der Waals surface area contributed by atoms with Crippen molar-refractivity contribution in [3.63, 3.8) is 0 Å². The molecule has 0 aromatic heterocycles. The molecular formula is C18H25NO3. The fourth-order valence-electron chi connectivity index (χ4n) is 4.19. The Hall–Kier alpha value is -1.39. The molecule has 4 heteroatoms. The largest absolute Gasteiger partial charge is 0.378 e. The van der Waals surface area contributed by atoms with E-state index < -0.39 is 0 Å². The van der Waals surface area contributed by atoms with Crippen LogP contribution in [0.4, 0.5) is 0 Å². The first-order chi connectivity index (χ1) is 10.3. The first-order valence-electron chi connectivity index (χ1n) is 7.83. The van der Waals surface area contributed by atoms with Crippen LogP contribution in [0.15, 0.2) is 34.6 Å². The molecule has 2 aliphatic carbocycles. The number of allylic oxidation sites excluding steroid dienone is 3. The number of carbonyl (C=O) groups is 1. The first-order valence-corrected chi connectivity index (χ1v) is 7.83. The average Bonchev–Trinajstić information content (AvgIpc) is 2.70. The zero-order valence-corrected chi connectivity index (χ0v) is 14.3. The summed E-state index contributed by atoms with van der Waals surface area (Å²) in [6.07, 6.45) is 5.20. The molecule has 4 atom stereocenters. The first kappa shape index (κ1) is 15.5. The van der Waals surface area contributed by atoms with Gasteiger partial charge >= 0.3 is 0 Å². The Morgan fingerprint density at radius 1 is 1.32 bits per heavy atom. The third kappa shape index (κ3) is 1.87. The van der Waals surface area contributed by atoms with E-state index in [0.717, 1.165) is 17.7 Å². The summed E-state index contributed by atoms with van der Waals surface area (Å²) in [6.45, 7) is 6.44. The second-order valence-electron chi connectivity index (χ2n) is 6.90. The smallest absolute Gasteiger partial charge is 0.254 e. The molecule has 3 rings (SSSR count). The zero-order chi connectivity index (χ0) is 16.2. The van der Waals surface area contributed by atoms with Crippen LogP contribution in [0.25, 0.3) is 0 Å². The van der Waals surface area contributed by atoms with Gasteiger partial charge in [0.2, 0.25) is 0 Å². The molecule has 0 N–H and O–H groups in total. The summed E-state index contributed by atoms with van der Waals surface area (Å²) < 4.78 is 11.3. The van der Waals surface area contributed by atoms with E-state index in [0.29, 0.717) is 5.92 Å². The summed E-state index contributed by atoms with van der Waals surface area (Å²) in [5.74, 6) is 0.421. The molecule has 0 saturated heterocycles. The van der Waals surface area contributed by atoms with Crippen molar-refractivity contribution in [3.8, 4) is 0 Å². The van der Waals surface area contributed by atoms with Gasteiger partial charge in [-0.1, -0.05) is 13.8 Å². The molecule has 0 aromatic rings. The Bertz CT molecular complexity index is 616. The van der Waals surface area contributed by atoms with Gasteiger partial charge in [-0.25, -0.2) is 0 Å². The molecule has 1 aliphatic heterocycles. The summed E-state index contributed by atoms with van der Waals surface area (Å²) in [4.78, 5) is 14.0. The summed E-state index contributed by atoms with van der Waals surface area (Å²) in [5, 5.41) is 0. The van der Waals surface area contributed by atoms with Crippen molar-refractivity contribution in [3.05, 3.63) is 34.6 Å². The molecule has 1 amide bonds. The number of rotatable bonds is 2. The third-order valence-electron chi connectivity index (χ3n) is 5.95. The Morgan fingerprint density at radius 3 is 2.59 bits per heavy atom. The maximum Gasteiger partial charge on any atom is 0.254 e. The molecule has 3 aliphatic rings. The molecule has 0 fully saturated rings. The number of fused-ring (bicyclic) bond motifs is 2. The van der Waals surface area contributed by atoms with Crippen LogP contribution in [0.3, 0.4) is 0 Å². The summed E-state index contributed by atoms with van der Waals surface area (Å²) in [6, 6.07) is 0. The van der Waals surface area contributed by atoms with Gasteiger partial charge in [0.1, 0.15) is 6.10 Å². The highest BCUT2D eigenvalue weighted by atomic mass is 16.5. The van der Waals surface area contributed by atoms with Crippen molar-refractivity contribution in [1.82, 2.24) is 4.90 Å². The number of likely N-dealkylation sites (N-methyl/N-ethyl adjacent to an activating group) is 1. The van der Waals surface area contributed by atoms with E-state index in [1.54, 1.807) is 19.1 Å². The predicted molar refractivity (Wildman–Crippen MR) is 85.1 cm³/mol. The van der Waals surface area contributed by atoms with Crippen LogP contribution in [0.1, 0.15) is 27.2 Å². The highest BCUT2D eigenvalue weighted by molar-refractivity contribution is 6.00. The molecule has 4 unspecified atom stereocenters. The van der Waals surface area contributed by atoms with Crippen molar-refractivity contribution in [1.29, 1.82) is 0 Å². The SMILES string of the molecule is COC1C=C2C=C3C(=C(C)C(=O)N3C)CC2(C)C(C)C1OC. The van der Waals surface area contributed by atoms with E-state index in [1.807, 2.05) is 14.0 Å². The summed E-state index contributed by atoms with van der Waals surface area (Å²) in [5.41, 5.74) is 4.34. The average molecular weight is 303 g/mol. The molecule has 4 nitrogen and oxygen atoms in total. The van der Waals surface area contributed by atoms with Crippen molar-refractivity contribution in [2.75, 3.05) is 21.3 Å². The van der Waals surface area contributed by atoms with Gasteiger partial charge in [0.25, 0.3) is 5.91 Å². The van der Waals surface area contributed by atoms with Crippen molar-refractivity contribution in [2.24, 2.45) is 11.3 Å². The maximum absolute atomic E-state index is 12.3. The van der Waals surface area contributed by atoms with E-state index in [2.05, 4.69) is 26.0 Å². The van der Waals surface area contributed by atoms with Crippen molar-refractivity contribution >= 4 is 5.91 Å². The third-order valence-corrected chi connectivity index (χ3v) is 5.95. The highest BCUT2D eigenvalue weighted by Gasteiger charge is 2.49. The molecule has 0 spiro atoms. The number of methoxy groups -OCH3 is 2. The zero-order valence-electron chi connectivity index (χ0n) is 14.3. The van der Waals surface area contributed by atoms with Gasteiger partial charge in [0, 0.05) is 38.0 Å². The molecule has 0 bridgehead atoms. The standard InChI is InChI=1S/C18H25NO3/c1-10-13-9-18(3)11(2)16(22-6)15(21-5)8-12(18)7-14(13)19(4)17(10)20/h7-8,11,15-16H,9H2,1-6H3.